The maximum absolute atomic E-state index is 13.4. The number of rotatable bonds is 5. The fourth-order valence-electron chi connectivity index (χ4n) is 1.26. The van der Waals surface area contributed by atoms with E-state index in [0.717, 1.165) is 13.0 Å². The zero-order valence-corrected chi connectivity index (χ0v) is 10.4. The van der Waals surface area contributed by atoms with Gasteiger partial charge in [-0.2, -0.15) is 4.39 Å². The Bertz CT molecular complexity index is 604. The van der Waals surface area contributed by atoms with Gasteiger partial charge in [-0.15, -0.1) is 0 Å². The molecule has 0 unspecified atom stereocenters. The fraction of sp³-hybridized carbons (Fsp3) is 0.333. The smallest absolute Gasteiger partial charge is 0.258 e. The predicted molar refractivity (Wildman–Crippen MR) is 59.0 cm³/mol. The lowest BCUT2D eigenvalue weighted by Gasteiger charge is -2.07. The second-order valence-electron chi connectivity index (χ2n) is 3.57. The normalized spacial score (nSPS) is 11.8. The number of hydrogen-bond acceptors (Lipinski definition) is 4. The second kappa shape index (κ2) is 5.53. The highest BCUT2D eigenvalue weighted by Gasteiger charge is 2.24. The van der Waals surface area contributed by atoms with Crippen LogP contribution in [0, 0.1) is 22.9 Å². The number of sulfonamides is 1. The largest absolute Gasteiger partial charge is 0.306 e. The molecule has 0 aliphatic rings. The van der Waals surface area contributed by atoms with Crippen LogP contribution in [0.2, 0.25) is 0 Å². The van der Waals surface area contributed by atoms with E-state index in [-0.39, 0.29) is 5.56 Å². The van der Waals surface area contributed by atoms with E-state index in [2.05, 4.69) is 0 Å². The van der Waals surface area contributed by atoms with E-state index < -0.39 is 44.3 Å². The van der Waals surface area contributed by atoms with Gasteiger partial charge in [0.1, 0.15) is 0 Å². The molecular weight excluding hydrogens is 289 g/mol. The maximum Gasteiger partial charge on any atom is 0.306 e. The van der Waals surface area contributed by atoms with Crippen molar-refractivity contribution in [3.8, 4) is 0 Å². The number of nitro groups is 1. The van der Waals surface area contributed by atoms with Gasteiger partial charge in [0.05, 0.1) is 16.4 Å². The first kappa shape index (κ1) is 15.4. The van der Waals surface area contributed by atoms with Gasteiger partial charge in [-0.3, -0.25) is 10.1 Å². The summed E-state index contributed by atoms with van der Waals surface area (Å²) in [4.78, 5) is 8.82. The van der Waals surface area contributed by atoms with E-state index in [9.17, 15) is 31.7 Å². The van der Waals surface area contributed by atoms with Gasteiger partial charge in [-0.05, 0) is 18.6 Å². The standard InChI is InChI=1S/C9H9F3N2O4S/c1-5-2-6(3-7(9(5)12)14(15)16)19(17,18)13-4-8(10)11/h2-3,8,13H,4H2,1H3. The molecule has 0 aliphatic heterocycles. The van der Waals surface area contributed by atoms with Crippen LogP contribution < -0.4 is 4.72 Å². The van der Waals surface area contributed by atoms with Gasteiger partial charge in [-0.25, -0.2) is 21.9 Å². The van der Waals surface area contributed by atoms with Crippen LogP contribution in [-0.4, -0.2) is 26.3 Å². The van der Waals surface area contributed by atoms with Crippen LogP contribution in [0.5, 0.6) is 0 Å². The highest BCUT2D eigenvalue weighted by atomic mass is 32.2. The highest BCUT2D eigenvalue weighted by Crippen LogP contribution is 2.24. The molecule has 0 heterocycles. The number of benzene rings is 1. The molecule has 1 aromatic rings. The zero-order chi connectivity index (χ0) is 14.8. The topological polar surface area (TPSA) is 89.3 Å². The molecule has 0 atom stereocenters. The molecule has 0 aromatic heterocycles. The monoisotopic (exact) mass is 298 g/mol. The summed E-state index contributed by atoms with van der Waals surface area (Å²) in [5.41, 5.74) is -1.30. The average Bonchev–Trinajstić information content (AvgIpc) is 2.29. The van der Waals surface area contributed by atoms with Crippen molar-refractivity contribution in [2.75, 3.05) is 6.54 Å². The second-order valence-corrected chi connectivity index (χ2v) is 5.34. The summed E-state index contributed by atoms with van der Waals surface area (Å²) in [7, 11) is -4.35. The Balaban J connectivity index is 3.25. The van der Waals surface area contributed by atoms with E-state index in [1.54, 1.807) is 4.72 Å². The first-order valence-electron chi connectivity index (χ1n) is 4.87. The number of aryl methyl sites for hydroxylation is 1. The molecule has 0 amide bonds. The molecule has 6 nitrogen and oxygen atoms in total. The summed E-state index contributed by atoms with van der Waals surface area (Å²) in [6.45, 7) is 0.00101. The molecule has 0 fully saturated rings. The van der Waals surface area contributed by atoms with Crippen molar-refractivity contribution in [1.29, 1.82) is 0 Å². The van der Waals surface area contributed by atoms with Crippen LogP contribution in [0.25, 0.3) is 0 Å². The van der Waals surface area contributed by atoms with Crippen molar-refractivity contribution in [2.45, 2.75) is 18.2 Å². The van der Waals surface area contributed by atoms with Crippen molar-refractivity contribution in [2.24, 2.45) is 0 Å². The molecule has 19 heavy (non-hydrogen) atoms. The maximum atomic E-state index is 13.4. The van der Waals surface area contributed by atoms with Crippen LogP contribution >= 0.6 is 0 Å². The average molecular weight is 298 g/mol. The number of nitro benzene ring substituents is 1. The Labute approximate surface area is 106 Å². The first-order chi connectivity index (χ1) is 8.65. The molecular formula is C9H9F3N2O4S. The summed E-state index contributed by atoms with van der Waals surface area (Å²) in [5, 5.41) is 10.5. The molecule has 1 rings (SSSR count). The van der Waals surface area contributed by atoms with E-state index in [1.807, 2.05) is 0 Å². The highest BCUT2D eigenvalue weighted by molar-refractivity contribution is 7.89. The van der Waals surface area contributed by atoms with Gasteiger partial charge in [0, 0.05) is 6.07 Å². The third kappa shape index (κ3) is 3.64. The summed E-state index contributed by atoms with van der Waals surface area (Å²) >= 11 is 0. The minimum atomic E-state index is -4.35. The van der Waals surface area contributed by atoms with Gasteiger partial charge < -0.3 is 0 Å². The van der Waals surface area contributed by atoms with Gasteiger partial charge in [0.2, 0.25) is 15.8 Å². The molecule has 0 radical (unpaired) electrons. The van der Waals surface area contributed by atoms with Gasteiger partial charge in [0.25, 0.3) is 6.43 Å². The third-order valence-electron chi connectivity index (χ3n) is 2.14. The molecule has 1 N–H and O–H groups in total. The first-order valence-corrected chi connectivity index (χ1v) is 6.36. The summed E-state index contributed by atoms with van der Waals surface area (Å²) < 4.78 is 62.0. The number of nitrogens with one attached hydrogen (secondary N) is 1. The Morgan fingerprint density at radius 3 is 2.47 bits per heavy atom. The number of alkyl halides is 2. The van der Waals surface area contributed by atoms with Crippen LogP contribution in [0.1, 0.15) is 5.56 Å². The van der Waals surface area contributed by atoms with E-state index in [1.165, 1.54) is 0 Å². The minimum absolute atomic E-state index is 0.272. The molecule has 0 aliphatic carbocycles. The number of hydrogen-bond donors (Lipinski definition) is 1. The van der Waals surface area contributed by atoms with Crippen LogP contribution in [-0.2, 0) is 10.0 Å². The van der Waals surface area contributed by atoms with Crippen molar-refractivity contribution in [1.82, 2.24) is 4.72 Å². The molecule has 0 saturated carbocycles. The van der Waals surface area contributed by atoms with Gasteiger partial charge in [-0.1, -0.05) is 0 Å². The quantitative estimate of drug-likeness (QED) is 0.660. The Hall–Kier alpha value is -1.68. The van der Waals surface area contributed by atoms with Crippen LogP contribution in [0.15, 0.2) is 17.0 Å². The molecule has 0 bridgehead atoms. The number of nitrogens with zero attached hydrogens (tertiary/aromatic N) is 1. The van der Waals surface area contributed by atoms with Gasteiger partial charge >= 0.3 is 5.69 Å². The molecule has 106 valence electrons. The lowest BCUT2D eigenvalue weighted by Crippen LogP contribution is -2.28. The minimum Gasteiger partial charge on any atom is -0.258 e. The summed E-state index contributed by atoms with van der Waals surface area (Å²) in [5.74, 6) is -1.17. The van der Waals surface area contributed by atoms with E-state index in [4.69, 9.17) is 0 Å². The molecule has 0 saturated heterocycles. The molecule has 1 aromatic carbocycles. The fourth-order valence-corrected chi connectivity index (χ4v) is 2.37. The van der Waals surface area contributed by atoms with Crippen molar-refractivity contribution in [3.63, 3.8) is 0 Å². The van der Waals surface area contributed by atoms with Gasteiger partial charge in [0.15, 0.2) is 0 Å². The van der Waals surface area contributed by atoms with E-state index in [0.29, 0.717) is 6.07 Å². The Morgan fingerprint density at radius 1 is 1.42 bits per heavy atom. The summed E-state index contributed by atoms with van der Waals surface area (Å²) in [6.07, 6.45) is -2.91. The van der Waals surface area contributed by atoms with Crippen LogP contribution in [0.4, 0.5) is 18.9 Å². The lowest BCUT2D eigenvalue weighted by atomic mass is 10.2. The third-order valence-corrected chi connectivity index (χ3v) is 3.55. The SMILES string of the molecule is Cc1cc(S(=O)(=O)NCC(F)F)cc([N+](=O)[O-])c1F. The molecule has 10 heteroatoms. The van der Waals surface area contributed by atoms with Crippen molar-refractivity contribution >= 4 is 15.7 Å². The molecule has 0 spiro atoms. The zero-order valence-electron chi connectivity index (χ0n) is 9.56. The lowest BCUT2D eigenvalue weighted by molar-refractivity contribution is -0.387. The Morgan fingerprint density at radius 2 is 2.00 bits per heavy atom. The predicted octanol–water partition coefficient (Wildman–Crippen LogP) is 1.59. The van der Waals surface area contributed by atoms with Crippen molar-refractivity contribution in [3.05, 3.63) is 33.6 Å². The Kier molecular flexibility index (Phi) is 4.48. The number of halogens is 3. The summed E-state index contributed by atoms with van der Waals surface area (Å²) in [6, 6.07) is 1.31. The van der Waals surface area contributed by atoms with Crippen LogP contribution in [0.3, 0.4) is 0 Å². The van der Waals surface area contributed by atoms with E-state index >= 15 is 0 Å². The van der Waals surface area contributed by atoms with Crippen molar-refractivity contribution < 1.29 is 26.5 Å².